The molecule has 7 nitrogen and oxygen atoms in total. The summed E-state index contributed by atoms with van der Waals surface area (Å²) in [5.74, 6) is -0.538. The second-order valence-electron chi connectivity index (χ2n) is 9.29. The highest BCUT2D eigenvalue weighted by Gasteiger charge is 2.27. The number of aliphatic hydroxyl groups is 1. The van der Waals surface area contributed by atoms with Gasteiger partial charge in [0.1, 0.15) is 0 Å². The molecular weight excluding hydrogens is 428 g/mol. The Bertz CT molecular complexity index is 984. The number of anilines is 1. The van der Waals surface area contributed by atoms with Gasteiger partial charge < -0.3 is 14.9 Å². The average Bonchev–Trinajstić information content (AvgIpc) is 3.29. The molecule has 182 valence electrons. The van der Waals surface area contributed by atoms with Crippen molar-refractivity contribution < 1.29 is 15.1 Å². The Morgan fingerprint density at radius 1 is 1.12 bits per heavy atom. The Kier molecular flexibility index (Phi) is 8.34. The minimum atomic E-state index is -0.538. The van der Waals surface area contributed by atoms with E-state index in [0.717, 1.165) is 57.5 Å². The van der Waals surface area contributed by atoms with Crippen molar-refractivity contribution in [2.75, 3.05) is 57.8 Å². The molecule has 4 rings (SSSR count). The van der Waals surface area contributed by atoms with E-state index in [-0.39, 0.29) is 6.61 Å². The third kappa shape index (κ3) is 6.04. The predicted molar refractivity (Wildman–Crippen MR) is 135 cm³/mol. The van der Waals surface area contributed by atoms with Crippen LogP contribution in [0, 0.1) is 0 Å². The van der Waals surface area contributed by atoms with Crippen LogP contribution in [0.4, 0.5) is 5.69 Å². The molecule has 0 spiro atoms. The molecule has 1 aliphatic heterocycles. The minimum Gasteiger partial charge on any atom is -0.395 e. The first-order chi connectivity index (χ1) is 16.6. The van der Waals surface area contributed by atoms with Crippen molar-refractivity contribution in [3.63, 3.8) is 0 Å². The Labute approximate surface area is 202 Å². The number of aliphatic hydroxyl groups excluding tert-OH is 1. The van der Waals surface area contributed by atoms with Gasteiger partial charge in [-0.25, -0.2) is 5.48 Å². The van der Waals surface area contributed by atoms with Gasteiger partial charge in [0.25, 0.3) is 5.91 Å². The van der Waals surface area contributed by atoms with Gasteiger partial charge in [-0.3, -0.25) is 14.9 Å². The zero-order valence-corrected chi connectivity index (χ0v) is 20.0. The molecule has 0 saturated carbocycles. The van der Waals surface area contributed by atoms with Crippen LogP contribution in [0.15, 0.2) is 48.5 Å². The number of fused-ring (bicyclic) bond motifs is 1. The van der Waals surface area contributed by atoms with Gasteiger partial charge in [0.15, 0.2) is 0 Å². The fourth-order valence-electron chi connectivity index (χ4n) is 5.07. The molecule has 1 atom stereocenters. The number of hydrogen-bond acceptors (Lipinski definition) is 6. The lowest BCUT2D eigenvalue weighted by Gasteiger charge is -2.34. The monoisotopic (exact) mass is 464 g/mol. The minimum absolute atomic E-state index is 0.144. The first kappa shape index (κ1) is 24.4. The molecule has 3 N–H and O–H groups in total. The summed E-state index contributed by atoms with van der Waals surface area (Å²) in [4.78, 5) is 18.5. The van der Waals surface area contributed by atoms with Crippen LogP contribution in [0.2, 0.25) is 0 Å². The third-order valence-electron chi connectivity index (χ3n) is 7.07. The molecular formula is C27H36N4O3. The predicted octanol–water partition coefficient (Wildman–Crippen LogP) is 2.48. The summed E-state index contributed by atoms with van der Waals surface area (Å²) < 4.78 is 0. The summed E-state index contributed by atoms with van der Waals surface area (Å²) in [6.45, 7) is 6.07. The van der Waals surface area contributed by atoms with Gasteiger partial charge >= 0.3 is 0 Å². The lowest BCUT2D eigenvalue weighted by atomic mass is 10.0. The summed E-state index contributed by atoms with van der Waals surface area (Å²) in [7, 11) is 2.18. The number of piperazine rings is 1. The molecule has 2 aromatic carbocycles. The van der Waals surface area contributed by atoms with Gasteiger partial charge in [0.05, 0.1) is 6.61 Å². The van der Waals surface area contributed by atoms with Gasteiger partial charge in [-0.1, -0.05) is 30.3 Å². The number of nitrogens with zero attached hydrogens (tertiary/aromatic N) is 3. The molecule has 0 bridgehead atoms. The zero-order chi connectivity index (χ0) is 23.9. The fraction of sp³-hybridized carbons (Fsp3) is 0.444. The van der Waals surface area contributed by atoms with Crippen molar-refractivity contribution in [3.05, 3.63) is 70.8 Å². The van der Waals surface area contributed by atoms with E-state index in [4.69, 9.17) is 5.21 Å². The van der Waals surface area contributed by atoms with Crippen molar-refractivity contribution >= 4 is 17.7 Å². The van der Waals surface area contributed by atoms with Crippen molar-refractivity contribution in [1.82, 2.24) is 15.3 Å². The van der Waals surface area contributed by atoms with Crippen LogP contribution in [-0.2, 0) is 17.6 Å². The van der Waals surface area contributed by atoms with Crippen LogP contribution in [0.25, 0.3) is 6.08 Å². The van der Waals surface area contributed by atoms with Gasteiger partial charge in [-0.2, -0.15) is 0 Å². The summed E-state index contributed by atoms with van der Waals surface area (Å²) >= 11 is 0. The highest BCUT2D eigenvalue weighted by atomic mass is 16.5. The summed E-state index contributed by atoms with van der Waals surface area (Å²) in [6.07, 6.45) is 5.99. The highest BCUT2D eigenvalue weighted by Crippen LogP contribution is 2.36. The molecule has 1 heterocycles. The molecule has 2 aromatic rings. The van der Waals surface area contributed by atoms with Crippen LogP contribution in [-0.4, -0.2) is 78.9 Å². The number of carbonyl (C=O) groups is 1. The van der Waals surface area contributed by atoms with Crippen LogP contribution in [0.1, 0.15) is 34.7 Å². The van der Waals surface area contributed by atoms with E-state index in [9.17, 15) is 9.90 Å². The van der Waals surface area contributed by atoms with E-state index in [1.165, 1.54) is 28.5 Å². The number of hydrogen-bond donors (Lipinski definition) is 3. The van der Waals surface area contributed by atoms with Crippen LogP contribution < -0.4 is 10.4 Å². The molecule has 0 radical (unpaired) electrons. The van der Waals surface area contributed by atoms with E-state index in [2.05, 4.69) is 58.1 Å². The number of hydroxylamine groups is 1. The lowest BCUT2D eigenvalue weighted by Crippen LogP contribution is -2.44. The fourth-order valence-corrected chi connectivity index (χ4v) is 5.07. The Hall–Kier alpha value is -2.71. The van der Waals surface area contributed by atoms with Crippen molar-refractivity contribution in [1.29, 1.82) is 0 Å². The van der Waals surface area contributed by atoms with E-state index in [0.29, 0.717) is 12.6 Å². The van der Waals surface area contributed by atoms with Crippen LogP contribution >= 0.6 is 0 Å². The molecule has 1 fully saturated rings. The van der Waals surface area contributed by atoms with Crippen LogP contribution in [0.5, 0.6) is 0 Å². The zero-order valence-electron chi connectivity index (χ0n) is 20.0. The number of rotatable bonds is 9. The number of aryl methyl sites for hydroxylation is 1. The molecule has 2 aliphatic rings. The van der Waals surface area contributed by atoms with E-state index < -0.39 is 5.91 Å². The number of carbonyl (C=O) groups excluding carboxylic acids is 1. The molecule has 34 heavy (non-hydrogen) atoms. The quantitative estimate of drug-likeness (QED) is 0.301. The average molecular weight is 465 g/mol. The second-order valence-corrected chi connectivity index (χ2v) is 9.29. The Morgan fingerprint density at radius 3 is 2.59 bits per heavy atom. The summed E-state index contributed by atoms with van der Waals surface area (Å²) in [5, 5.41) is 18.4. The SMILES string of the molecule is CN1CCN(c2ccc(CCN(CCO)C3CCc4cc(/C=C/C(=O)NO)ccc43)cc2)CC1. The van der Waals surface area contributed by atoms with Crippen molar-refractivity contribution in [3.8, 4) is 0 Å². The van der Waals surface area contributed by atoms with Gasteiger partial charge in [0.2, 0.25) is 0 Å². The maximum atomic E-state index is 11.2. The van der Waals surface area contributed by atoms with E-state index in [1.807, 2.05) is 6.07 Å². The molecule has 1 unspecified atom stereocenters. The largest absolute Gasteiger partial charge is 0.395 e. The van der Waals surface area contributed by atoms with E-state index in [1.54, 1.807) is 11.6 Å². The first-order valence-electron chi connectivity index (χ1n) is 12.2. The Morgan fingerprint density at radius 2 is 1.88 bits per heavy atom. The molecule has 0 aromatic heterocycles. The Balaban J connectivity index is 1.38. The number of benzene rings is 2. The van der Waals surface area contributed by atoms with E-state index >= 15 is 0 Å². The van der Waals surface area contributed by atoms with Crippen molar-refractivity contribution in [2.45, 2.75) is 25.3 Å². The molecule has 1 saturated heterocycles. The number of amides is 1. The normalized spacial score (nSPS) is 18.6. The van der Waals surface area contributed by atoms with Gasteiger partial charge in [0, 0.05) is 57.1 Å². The lowest BCUT2D eigenvalue weighted by molar-refractivity contribution is -0.124. The summed E-state index contributed by atoms with van der Waals surface area (Å²) in [5.41, 5.74) is 7.77. The van der Waals surface area contributed by atoms with Gasteiger partial charge in [-0.05, 0) is 66.8 Å². The molecule has 7 heteroatoms. The number of nitrogens with one attached hydrogen (secondary N) is 1. The second kappa shape index (κ2) is 11.6. The number of likely N-dealkylation sites (N-methyl/N-ethyl adjacent to an activating group) is 1. The van der Waals surface area contributed by atoms with Crippen molar-refractivity contribution in [2.24, 2.45) is 0 Å². The smallest absolute Gasteiger partial charge is 0.267 e. The van der Waals surface area contributed by atoms with Gasteiger partial charge in [-0.15, -0.1) is 0 Å². The summed E-state index contributed by atoms with van der Waals surface area (Å²) in [6, 6.07) is 15.5. The maximum absolute atomic E-state index is 11.2. The maximum Gasteiger partial charge on any atom is 0.267 e. The third-order valence-corrected chi connectivity index (χ3v) is 7.07. The molecule has 1 aliphatic carbocycles. The molecule has 1 amide bonds. The topological polar surface area (TPSA) is 79.3 Å². The highest BCUT2D eigenvalue weighted by molar-refractivity contribution is 5.90. The first-order valence-corrected chi connectivity index (χ1v) is 12.2. The van der Waals surface area contributed by atoms with Crippen LogP contribution in [0.3, 0.4) is 0 Å². The standard InChI is InChI=1S/C27H36N4O3/c1-29-14-16-30(17-15-29)24-7-2-21(3-8-24)12-13-31(18-19-32)26-10-6-23-20-22(4-9-25(23)26)5-11-27(33)28-34/h2-5,7-9,11,20,26,32,34H,6,10,12-19H2,1H3,(H,28,33)/b11-5+.